The van der Waals surface area contributed by atoms with Crippen molar-refractivity contribution < 1.29 is 30.0 Å². The molecule has 1 N–H and O–H groups in total. The average Bonchev–Trinajstić information content (AvgIpc) is 3.13. The van der Waals surface area contributed by atoms with E-state index in [1.165, 1.54) is 47.4 Å². The number of fused-ring (bicyclic) bond motifs is 5. The number of aromatic nitrogens is 1. The zero-order valence-electron chi connectivity index (χ0n) is 29.1. The predicted molar refractivity (Wildman–Crippen MR) is 205 cm³/mol. The Kier molecular flexibility index (Phi) is 11.7. The van der Waals surface area contributed by atoms with Gasteiger partial charge in [-0.05, 0) is 70.7 Å². The number of allylic oxidation sites excluding steroid dienone is 2. The minimum Gasteiger partial charge on any atom is -0.512 e. The number of benzene rings is 4. The minimum absolute atomic E-state index is 0. The van der Waals surface area contributed by atoms with Crippen LogP contribution in [0, 0.1) is 16.9 Å². The summed E-state index contributed by atoms with van der Waals surface area (Å²) in [5.41, 5.74) is 5.70. The monoisotopic (exact) mass is 861 g/mol. The fraction of sp³-hybridized carbons (Fsp3) is 0.286. The van der Waals surface area contributed by atoms with E-state index in [4.69, 9.17) is 4.98 Å². The summed E-state index contributed by atoms with van der Waals surface area (Å²) in [6.45, 7) is 12.3. The molecule has 3 heterocycles. The fourth-order valence-corrected chi connectivity index (χ4v) is 8.95. The Morgan fingerprint density at radius 2 is 1.41 bits per heavy atom. The van der Waals surface area contributed by atoms with Gasteiger partial charge in [0.2, 0.25) is 6.71 Å². The van der Waals surface area contributed by atoms with Crippen molar-refractivity contribution in [1.82, 2.24) is 4.98 Å². The summed E-state index contributed by atoms with van der Waals surface area (Å²) in [5.74, 6) is 0.286. The number of nitrogens with zero attached hydrogens (tertiary/aromatic N) is 1. The predicted octanol–water partition coefficient (Wildman–Crippen LogP) is 9.79. The second kappa shape index (κ2) is 15.4. The van der Waals surface area contributed by atoms with Gasteiger partial charge in [0.15, 0.2) is 5.78 Å². The Morgan fingerprint density at radius 3 is 2.10 bits per heavy atom. The van der Waals surface area contributed by atoms with Crippen molar-refractivity contribution in [2.75, 3.05) is 0 Å². The van der Waals surface area contributed by atoms with Gasteiger partial charge < -0.3 is 10.1 Å². The first kappa shape index (κ1) is 37.2. The van der Waals surface area contributed by atoms with E-state index >= 15 is 0 Å². The molecule has 7 rings (SSSR count). The number of ketones is 1. The van der Waals surface area contributed by atoms with Crippen molar-refractivity contribution >= 4 is 63.2 Å². The molecule has 2 aliphatic rings. The van der Waals surface area contributed by atoms with E-state index in [-0.39, 0.29) is 49.2 Å². The van der Waals surface area contributed by atoms with Gasteiger partial charge in [0.25, 0.3) is 0 Å². The molecular weight excluding hydrogens is 818 g/mol. The molecule has 0 saturated heterocycles. The van der Waals surface area contributed by atoms with Crippen LogP contribution in [0.1, 0.15) is 67.2 Å². The van der Waals surface area contributed by atoms with E-state index in [9.17, 15) is 9.90 Å². The van der Waals surface area contributed by atoms with Crippen LogP contribution in [0.5, 0.6) is 0 Å². The second-order valence-electron chi connectivity index (χ2n) is 13.3. The molecule has 0 atom stereocenters. The van der Waals surface area contributed by atoms with E-state index in [2.05, 4.69) is 91.0 Å². The molecule has 5 aromatic rings. The first-order valence-corrected chi connectivity index (χ1v) is 18.7. The molecule has 2 aliphatic heterocycles. The quantitative estimate of drug-likeness (QED) is 0.0715. The third-order valence-corrected chi connectivity index (χ3v) is 13.1. The summed E-state index contributed by atoms with van der Waals surface area (Å²) in [5, 5.41) is 12.5. The van der Waals surface area contributed by atoms with Gasteiger partial charge in [0.05, 0.1) is 0 Å². The Morgan fingerprint density at radius 1 is 0.796 bits per heavy atom. The zero-order chi connectivity index (χ0) is 34.1. The summed E-state index contributed by atoms with van der Waals surface area (Å²) in [7, 11) is 0. The molecule has 7 heteroatoms. The third kappa shape index (κ3) is 7.10. The standard InChI is InChI=1S/C27H15BNS2.C15H28O2.Ir/c1-2-8-18-16-29-22(15-17(18)7-1)19-9-5-11-21-27(19)31-25-14-6-13-24-26(25)28(21)20-10-3-4-12-23(20)30-24;1-7-14(5,8-2)12(16)11-13(17)15(6,9-3)10-4;/h1-8,10-16H;11,16H,7-10H2,1-6H3;/q-1;;/b;12-11-;. The van der Waals surface area contributed by atoms with Crippen LogP contribution in [0.4, 0.5) is 0 Å². The van der Waals surface area contributed by atoms with Crippen molar-refractivity contribution in [1.29, 1.82) is 0 Å². The molecule has 1 radical (unpaired) electrons. The molecule has 0 fully saturated rings. The number of pyridine rings is 1. The van der Waals surface area contributed by atoms with E-state index in [0.29, 0.717) is 0 Å². The van der Waals surface area contributed by atoms with Crippen molar-refractivity contribution in [2.45, 2.75) is 86.8 Å². The third-order valence-electron chi connectivity index (χ3n) is 10.8. The van der Waals surface area contributed by atoms with Crippen molar-refractivity contribution in [3.05, 3.63) is 109 Å². The molecule has 0 saturated carbocycles. The maximum Gasteiger partial charge on any atom is 0.228 e. The van der Waals surface area contributed by atoms with Crippen LogP contribution in [-0.4, -0.2) is 22.6 Å². The van der Waals surface area contributed by atoms with Crippen LogP contribution >= 0.6 is 23.5 Å². The van der Waals surface area contributed by atoms with E-state index in [1.54, 1.807) is 0 Å². The summed E-state index contributed by atoms with van der Waals surface area (Å²) in [4.78, 5) is 22.4. The molecule has 253 valence electrons. The Balaban J connectivity index is 0.000000226. The van der Waals surface area contributed by atoms with Crippen LogP contribution < -0.4 is 16.4 Å². The van der Waals surface area contributed by atoms with Gasteiger partial charge in [0.1, 0.15) is 5.76 Å². The van der Waals surface area contributed by atoms with E-state index in [0.717, 1.165) is 42.3 Å². The summed E-state index contributed by atoms with van der Waals surface area (Å²) >= 11 is 3.76. The first-order valence-electron chi connectivity index (χ1n) is 17.1. The Labute approximate surface area is 314 Å². The summed E-state index contributed by atoms with van der Waals surface area (Å²) in [6.07, 6.45) is 6.73. The van der Waals surface area contributed by atoms with Crippen LogP contribution in [0.25, 0.3) is 22.0 Å². The summed E-state index contributed by atoms with van der Waals surface area (Å²) < 4.78 is 0. The number of hydrogen-bond donors (Lipinski definition) is 1. The van der Waals surface area contributed by atoms with Gasteiger partial charge in [-0.2, -0.15) is 0 Å². The minimum atomic E-state index is -0.337. The normalized spacial score (nSPS) is 13.3. The van der Waals surface area contributed by atoms with Crippen LogP contribution in [0.15, 0.2) is 123 Å². The van der Waals surface area contributed by atoms with Gasteiger partial charge in [-0.15, -0.1) is 41.0 Å². The molecule has 0 spiro atoms. The summed E-state index contributed by atoms with van der Waals surface area (Å²) in [6, 6.07) is 34.0. The van der Waals surface area contributed by atoms with Crippen molar-refractivity contribution in [3.63, 3.8) is 0 Å². The van der Waals surface area contributed by atoms with Crippen LogP contribution in [0.2, 0.25) is 0 Å². The van der Waals surface area contributed by atoms with E-state index in [1.807, 2.05) is 71.3 Å². The van der Waals surface area contributed by atoms with Gasteiger partial charge >= 0.3 is 0 Å². The van der Waals surface area contributed by atoms with E-state index < -0.39 is 0 Å². The number of aliphatic hydroxyl groups excluding tert-OH is 1. The van der Waals surface area contributed by atoms with Crippen molar-refractivity contribution in [3.8, 4) is 11.3 Å². The molecule has 3 nitrogen and oxygen atoms in total. The maximum atomic E-state index is 12.2. The molecule has 4 aromatic carbocycles. The van der Waals surface area contributed by atoms with Crippen molar-refractivity contribution in [2.24, 2.45) is 10.8 Å². The molecule has 0 unspecified atom stereocenters. The Bertz CT molecular complexity index is 2020. The largest absolute Gasteiger partial charge is 0.512 e. The van der Waals surface area contributed by atoms with Gasteiger partial charge in [-0.3, -0.25) is 4.79 Å². The fourth-order valence-electron chi connectivity index (χ4n) is 6.44. The number of hydrogen-bond acceptors (Lipinski definition) is 5. The zero-order valence-corrected chi connectivity index (χ0v) is 33.1. The molecular formula is C42H43BIrNO2S2-. The number of carbonyl (C=O) groups excluding carboxylic acids is 1. The SMILES string of the molecule is CCC(C)(CC)C(=O)/C=C(\O)C(C)(CC)CC.[Ir].[c-]1ccc2c(c1-c1cc3ccccc3cn1)Sc1cccc3c1B2c1ccccc1S3. The number of carbonyl (C=O) groups is 1. The van der Waals surface area contributed by atoms with Gasteiger partial charge in [-0.1, -0.05) is 118 Å². The topological polar surface area (TPSA) is 50.2 Å². The molecule has 0 bridgehead atoms. The molecule has 0 amide bonds. The molecule has 0 aliphatic carbocycles. The van der Waals surface area contributed by atoms with Crippen LogP contribution in [-0.2, 0) is 24.9 Å². The maximum absolute atomic E-state index is 12.2. The number of rotatable bonds is 8. The smallest absolute Gasteiger partial charge is 0.228 e. The Hall–Kier alpha value is -3.09. The van der Waals surface area contributed by atoms with Crippen LogP contribution in [0.3, 0.4) is 0 Å². The number of aliphatic hydroxyl groups is 1. The second-order valence-corrected chi connectivity index (χ2v) is 15.5. The molecule has 1 aromatic heterocycles. The van der Waals surface area contributed by atoms with Gasteiger partial charge in [0, 0.05) is 53.0 Å². The average molecular weight is 861 g/mol. The molecule has 49 heavy (non-hydrogen) atoms. The first-order chi connectivity index (χ1) is 23.2. The van der Waals surface area contributed by atoms with Gasteiger partial charge in [-0.25, -0.2) is 0 Å².